The highest BCUT2D eigenvalue weighted by molar-refractivity contribution is 5.49. The molecule has 1 atom stereocenters. The Morgan fingerprint density at radius 3 is 2.41 bits per heavy atom. The third-order valence-electron chi connectivity index (χ3n) is 2.82. The lowest BCUT2D eigenvalue weighted by Gasteiger charge is -2.15. The Kier molecular flexibility index (Phi) is 3.33. The molecule has 0 aromatic heterocycles. The van der Waals surface area contributed by atoms with Gasteiger partial charge in [0.15, 0.2) is 0 Å². The van der Waals surface area contributed by atoms with Gasteiger partial charge in [0, 0.05) is 5.69 Å². The van der Waals surface area contributed by atoms with Crippen LogP contribution < -0.4 is 10.5 Å². The van der Waals surface area contributed by atoms with Gasteiger partial charge in [-0.05, 0) is 43.2 Å². The maximum absolute atomic E-state index is 5.88. The molecule has 2 rings (SSSR count). The predicted octanol–water partition coefficient (Wildman–Crippen LogP) is 3.72. The lowest BCUT2D eigenvalue weighted by molar-refractivity contribution is 0.227. The van der Waals surface area contributed by atoms with Crippen LogP contribution in [0.1, 0.15) is 24.2 Å². The third kappa shape index (κ3) is 2.78. The second-order valence-corrected chi connectivity index (χ2v) is 4.19. The molecule has 0 radical (unpaired) electrons. The molecule has 0 heterocycles. The van der Waals surface area contributed by atoms with Gasteiger partial charge in [-0.15, -0.1) is 0 Å². The van der Waals surface area contributed by atoms with Gasteiger partial charge in [0.2, 0.25) is 0 Å². The van der Waals surface area contributed by atoms with Crippen LogP contribution in [-0.4, -0.2) is 0 Å². The quantitative estimate of drug-likeness (QED) is 0.811. The van der Waals surface area contributed by atoms with Crippen LogP contribution in [0, 0.1) is 6.92 Å². The molecule has 2 aromatic carbocycles. The highest BCUT2D eigenvalue weighted by atomic mass is 16.5. The minimum atomic E-state index is 0.0409. The lowest BCUT2D eigenvalue weighted by Crippen LogP contribution is -2.03. The van der Waals surface area contributed by atoms with E-state index in [-0.39, 0.29) is 6.10 Å². The first-order chi connectivity index (χ1) is 8.16. The molecule has 2 aromatic rings. The van der Waals surface area contributed by atoms with Gasteiger partial charge in [-0.1, -0.05) is 30.3 Å². The summed E-state index contributed by atoms with van der Waals surface area (Å²) in [5.74, 6) is 0.855. The number of anilines is 1. The number of ether oxygens (including phenoxy) is 1. The smallest absolute Gasteiger partial charge is 0.121 e. The molecular formula is C15H17NO. The summed E-state index contributed by atoms with van der Waals surface area (Å²) < 4.78 is 5.88. The molecule has 0 aliphatic rings. The molecule has 88 valence electrons. The SMILES string of the molecule is Cc1cc(OC(C)c2ccccc2)ccc1N. The minimum Gasteiger partial charge on any atom is -0.486 e. The van der Waals surface area contributed by atoms with E-state index in [9.17, 15) is 0 Å². The van der Waals surface area contributed by atoms with Crippen LogP contribution >= 0.6 is 0 Å². The zero-order valence-corrected chi connectivity index (χ0v) is 10.2. The second-order valence-electron chi connectivity index (χ2n) is 4.19. The van der Waals surface area contributed by atoms with Crippen molar-refractivity contribution >= 4 is 5.69 Å². The van der Waals surface area contributed by atoms with E-state index in [1.165, 1.54) is 5.56 Å². The van der Waals surface area contributed by atoms with E-state index in [1.54, 1.807) is 0 Å². The monoisotopic (exact) mass is 227 g/mol. The van der Waals surface area contributed by atoms with Crippen molar-refractivity contribution in [2.75, 3.05) is 5.73 Å². The highest BCUT2D eigenvalue weighted by Crippen LogP contribution is 2.24. The van der Waals surface area contributed by atoms with Gasteiger partial charge >= 0.3 is 0 Å². The van der Waals surface area contributed by atoms with E-state index in [4.69, 9.17) is 10.5 Å². The molecule has 2 heteroatoms. The van der Waals surface area contributed by atoms with Crippen LogP contribution in [0.3, 0.4) is 0 Å². The summed E-state index contributed by atoms with van der Waals surface area (Å²) in [4.78, 5) is 0. The molecule has 0 bridgehead atoms. The summed E-state index contributed by atoms with van der Waals surface area (Å²) in [5, 5.41) is 0. The standard InChI is InChI=1S/C15H17NO/c1-11-10-14(8-9-15(11)16)17-12(2)13-6-4-3-5-7-13/h3-10,12H,16H2,1-2H3. The first-order valence-corrected chi connectivity index (χ1v) is 5.74. The van der Waals surface area contributed by atoms with Crippen molar-refractivity contribution in [3.05, 3.63) is 59.7 Å². The summed E-state index contributed by atoms with van der Waals surface area (Å²) in [7, 11) is 0. The summed E-state index contributed by atoms with van der Waals surface area (Å²) in [6.07, 6.45) is 0.0409. The van der Waals surface area contributed by atoms with Gasteiger partial charge in [0.1, 0.15) is 11.9 Å². The molecule has 0 amide bonds. The fourth-order valence-corrected chi connectivity index (χ4v) is 1.72. The fraction of sp³-hybridized carbons (Fsp3) is 0.200. The Bertz CT molecular complexity index is 494. The predicted molar refractivity (Wildman–Crippen MR) is 71.1 cm³/mol. The van der Waals surface area contributed by atoms with Crippen LogP contribution in [-0.2, 0) is 0 Å². The van der Waals surface area contributed by atoms with Gasteiger partial charge in [0.25, 0.3) is 0 Å². The zero-order valence-electron chi connectivity index (χ0n) is 10.2. The largest absolute Gasteiger partial charge is 0.486 e. The molecule has 0 aliphatic heterocycles. The van der Waals surface area contributed by atoms with Gasteiger partial charge in [-0.3, -0.25) is 0 Å². The number of hydrogen-bond acceptors (Lipinski definition) is 2. The maximum Gasteiger partial charge on any atom is 0.121 e. The summed E-state index contributed by atoms with van der Waals surface area (Å²) in [5.41, 5.74) is 8.78. The Hall–Kier alpha value is -1.96. The molecule has 1 unspecified atom stereocenters. The van der Waals surface area contributed by atoms with Crippen molar-refractivity contribution in [1.82, 2.24) is 0 Å². The number of rotatable bonds is 3. The van der Waals surface area contributed by atoms with Crippen molar-refractivity contribution < 1.29 is 4.74 Å². The summed E-state index contributed by atoms with van der Waals surface area (Å²) in [6, 6.07) is 15.9. The first-order valence-electron chi connectivity index (χ1n) is 5.74. The maximum atomic E-state index is 5.88. The normalized spacial score (nSPS) is 12.1. The van der Waals surface area contributed by atoms with E-state index in [0.29, 0.717) is 0 Å². The van der Waals surface area contributed by atoms with Crippen LogP contribution in [0.2, 0.25) is 0 Å². The van der Waals surface area contributed by atoms with Crippen LogP contribution in [0.4, 0.5) is 5.69 Å². The number of nitrogen functional groups attached to an aromatic ring is 1. The molecular weight excluding hydrogens is 210 g/mol. The van der Waals surface area contributed by atoms with E-state index in [2.05, 4.69) is 12.1 Å². The van der Waals surface area contributed by atoms with Gasteiger partial charge in [-0.2, -0.15) is 0 Å². The Labute approximate surface area is 102 Å². The molecule has 0 fully saturated rings. The van der Waals surface area contributed by atoms with Crippen molar-refractivity contribution in [3.63, 3.8) is 0 Å². The van der Waals surface area contributed by atoms with Gasteiger partial charge in [-0.25, -0.2) is 0 Å². The molecule has 0 aliphatic carbocycles. The van der Waals surface area contributed by atoms with Crippen molar-refractivity contribution in [2.45, 2.75) is 20.0 Å². The number of benzene rings is 2. The molecule has 17 heavy (non-hydrogen) atoms. The Morgan fingerprint density at radius 2 is 1.76 bits per heavy atom. The highest BCUT2D eigenvalue weighted by Gasteiger charge is 2.06. The topological polar surface area (TPSA) is 35.2 Å². The van der Waals surface area contributed by atoms with Crippen molar-refractivity contribution in [3.8, 4) is 5.75 Å². The number of nitrogens with two attached hydrogens (primary N) is 1. The lowest BCUT2D eigenvalue weighted by atomic mass is 10.1. The Morgan fingerprint density at radius 1 is 1.06 bits per heavy atom. The molecule has 0 spiro atoms. The minimum absolute atomic E-state index is 0.0409. The van der Waals surface area contributed by atoms with E-state index >= 15 is 0 Å². The van der Waals surface area contributed by atoms with Gasteiger partial charge in [0.05, 0.1) is 0 Å². The van der Waals surface area contributed by atoms with E-state index < -0.39 is 0 Å². The van der Waals surface area contributed by atoms with Crippen molar-refractivity contribution in [1.29, 1.82) is 0 Å². The first kappa shape index (κ1) is 11.5. The summed E-state index contributed by atoms with van der Waals surface area (Å²) in [6.45, 7) is 4.02. The number of hydrogen-bond donors (Lipinski definition) is 1. The second kappa shape index (κ2) is 4.91. The van der Waals surface area contributed by atoms with E-state index in [0.717, 1.165) is 17.0 Å². The number of aryl methyl sites for hydroxylation is 1. The zero-order chi connectivity index (χ0) is 12.3. The van der Waals surface area contributed by atoms with E-state index in [1.807, 2.05) is 50.2 Å². The van der Waals surface area contributed by atoms with Crippen LogP contribution in [0.5, 0.6) is 5.75 Å². The average Bonchev–Trinajstić information content (AvgIpc) is 2.35. The third-order valence-corrected chi connectivity index (χ3v) is 2.82. The molecule has 0 saturated heterocycles. The van der Waals surface area contributed by atoms with Crippen molar-refractivity contribution in [2.24, 2.45) is 0 Å². The Balaban J connectivity index is 2.13. The van der Waals surface area contributed by atoms with Crippen LogP contribution in [0.15, 0.2) is 48.5 Å². The molecule has 2 N–H and O–H groups in total. The molecule has 2 nitrogen and oxygen atoms in total. The summed E-state index contributed by atoms with van der Waals surface area (Å²) >= 11 is 0. The van der Waals surface area contributed by atoms with Crippen LogP contribution in [0.25, 0.3) is 0 Å². The average molecular weight is 227 g/mol. The fourth-order valence-electron chi connectivity index (χ4n) is 1.72. The molecule has 0 saturated carbocycles. The van der Waals surface area contributed by atoms with Gasteiger partial charge < -0.3 is 10.5 Å².